The highest BCUT2D eigenvalue weighted by Crippen LogP contribution is 2.17. The molecule has 0 bridgehead atoms. The van der Waals surface area contributed by atoms with E-state index in [4.69, 9.17) is 0 Å². The minimum absolute atomic E-state index is 0.544. The molecule has 0 radical (unpaired) electrons. The number of anilines is 1. The molecule has 0 amide bonds. The van der Waals surface area contributed by atoms with Gasteiger partial charge < -0.3 is 5.32 Å². The van der Waals surface area contributed by atoms with Crippen LogP contribution in [-0.4, -0.2) is 33.8 Å². The molecule has 4 heteroatoms. The molecule has 1 aliphatic heterocycles. The third-order valence-electron chi connectivity index (χ3n) is 3.81. The van der Waals surface area contributed by atoms with Gasteiger partial charge in [0.05, 0.1) is 6.20 Å². The number of benzene rings is 1. The Morgan fingerprint density at radius 1 is 1.30 bits per heavy atom. The first kappa shape index (κ1) is 13.2. The van der Waals surface area contributed by atoms with Crippen molar-refractivity contribution in [3.8, 4) is 0 Å². The third kappa shape index (κ3) is 3.39. The molecule has 20 heavy (non-hydrogen) atoms. The van der Waals surface area contributed by atoms with E-state index in [2.05, 4.69) is 51.8 Å². The largest absolute Gasteiger partial charge is 0.381 e. The molecule has 1 fully saturated rings. The standard InChI is InChI=1S/C16H22N4/c1-19-11-14(10-17-19)12-20-9-5-8-16(13-20)18-15-6-3-2-4-7-15/h2-4,6-7,10-11,16,18H,5,8-9,12-13H2,1H3/t16-/m0/s1. The van der Waals surface area contributed by atoms with Crippen molar-refractivity contribution in [2.24, 2.45) is 7.05 Å². The number of nitrogens with one attached hydrogen (secondary N) is 1. The smallest absolute Gasteiger partial charge is 0.0534 e. The Kier molecular flexibility index (Phi) is 4.02. The van der Waals surface area contributed by atoms with Gasteiger partial charge in [0, 0.05) is 43.6 Å². The third-order valence-corrected chi connectivity index (χ3v) is 3.81. The summed E-state index contributed by atoms with van der Waals surface area (Å²) in [5.41, 5.74) is 2.52. The summed E-state index contributed by atoms with van der Waals surface area (Å²) in [7, 11) is 1.97. The lowest BCUT2D eigenvalue weighted by molar-refractivity contribution is 0.208. The van der Waals surface area contributed by atoms with E-state index in [-0.39, 0.29) is 0 Å². The monoisotopic (exact) mass is 270 g/mol. The van der Waals surface area contributed by atoms with Crippen LogP contribution < -0.4 is 5.32 Å². The van der Waals surface area contributed by atoms with E-state index >= 15 is 0 Å². The van der Waals surface area contributed by atoms with Crippen LogP contribution in [0.25, 0.3) is 0 Å². The summed E-state index contributed by atoms with van der Waals surface area (Å²) in [4.78, 5) is 2.51. The fourth-order valence-corrected chi connectivity index (χ4v) is 2.90. The van der Waals surface area contributed by atoms with Crippen molar-refractivity contribution >= 4 is 5.69 Å². The van der Waals surface area contributed by atoms with Gasteiger partial charge in [0.25, 0.3) is 0 Å². The molecule has 1 aromatic carbocycles. The molecule has 1 atom stereocenters. The maximum Gasteiger partial charge on any atom is 0.0534 e. The molecular formula is C16H22N4. The van der Waals surface area contributed by atoms with Gasteiger partial charge >= 0.3 is 0 Å². The van der Waals surface area contributed by atoms with Gasteiger partial charge in [-0.3, -0.25) is 9.58 Å². The number of nitrogens with zero attached hydrogens (tertiary/aromatic N) is 3. The molecule has 0 unspecified atom stereocenters. The van der Waals surface area contributed by atoms with Gasteiger partial charge in [0.1, 0.15) is 0 Å². The van der Waals surface area contributed by atoms with Gasteiger partial charge in [-0.1, -0.05) is 18.2 Å². The van der Waals surface area contributed by atoms with Crippen LogP contribution in [0.3, 0.4) is 0 Å². The van der Waals surface area contributed by atoms with Crippen molar-refractivity contribution in [1.29, 1.82) is 0 Å². The lowest BCUT2D eigenvalue weighted by atomic mass is 10.0. The van der Waals surface area contributed by atoms with Crippen LogP contribution in [0.4, 0.5) is 5.69 Å². The van der Waals surface area contributed by atoms with E-state index in [1.54, 1.807) is 0 Å². The van der Waals surface area contributed by atoms with Crippen LogP contribution in [0, 0.1) is 0 Å². The molecular weight excluding hydrogens is 248 g/mol. The fraction of sp³-hybridized carbons (Fsp3) is 0.438. The van der Waals surface area contributed by atoms with Gasteiger partial charge in [-0.05, 0) is 31.5 Å². The van der Waals surface area contributed by atoms with Gasteiger partial charge in [0.2, 0.25) is 0 Å². The van der Waals surface area contributed by atoms with Crippen molar-refractivity contribution in [3.63, 3.8) is 0 Å². The highest BCUT2D eigenvalue weighted by atomic mass is 15.2. The Labute approximate surface area is 120 Å². The van der Waals surface area contributed by atoms with Crippen molar-refractivity contribution in [3.05, 3.63) is 48.3 Å². The predicted molar refractivity (Wildman–Crippen MR) is 81.6 cm³/mol. The molecule has 2 heterocycles. The maximum absolute atomic E-state index is 4.24. The Balaban J connectivity index is 1.56. The quantitative estimate of drug-likeness (QED) is 0.926. The average Bonchev–Trinajstić information content (AvgIpc) is 2.86. The summed E-state index contributed by atoms with van der Waals surface area (Å²) in [6, 6.07) is 11.0. The number of hydrogen-bond acceptors (Lipinski definition) is 3. The molecule has 0 saturated carbocycles. The van der Waals surface area contributed by atoms with Crippen LogP contribution in [-0.2, 0) is 13.6 Å². The highest BCUT2D eigenvalue weighted by Gasteiger charge is 2.20. The summed E-state index contributed by atoms with van der Waals surface area (Å²) in [5, 5.41) is 7.88. The van der Waals surface area contributed by atoms with Gasteiger partial charge in [0.15, 0.2) is 0 Å². The van der Waals surface area contributed by atoms with Crippen molar-refractivity contribution in [1.82, 2.24) is 14.7 Å². The first-order valence-corrected chi connectivity index (χ1v) is 7.31. The average molecular weight is 270 g/mol. The normalized spacial score (nSPS) is 19.9. The molecule has 1 aliphatic rings. The molecule has 4 nitrogen and oxygen atoms in total. The number of aryl methyl sites for hydroxylation is 1. The molecule has 1 N–H and O–H groups in total. The van der Waals surface area contributed by atoms with E-state index < -0.39 is 0 Å². The van der Waals surface area contributed by atoms with Gasteiger partial charge in [-0.15, -0.1) is 0 Å². The minimum atomic E-state index is 0.544. The summed E-state index contributed by atoms with van der Waals surface area (Å²) < 4.78 is 1.87. The molecule has 2 aromatic rings. The Hall–Kier alpha value is -1.81. The van der Waals surface area contributed by atoms with Crippen molar-refractivity contribution in [2.75, 3.05) is 18.4 Å². The number of hydrogen-bond donors (Lipinski definition) is 1. The molecule has 3 rings (SSSR count). The second kappa shape index (κ2) is 6.09. The summed E-state index contributed by atoms with van der Waals surface area (Å²) in [5.74, 6) is 0. The number of likely N-dealkylation sites (tertiary alicyclic amines) is 1. The number of piperidine rings is 1. The topological polar surface area (TPSA) is 33.1 Å². The molecule has 1 saturated heterocycles. The number of para-hydroxylation sites is 1. The predicted octanol–water partition coefficient (Wildman–Crippen LogP) is 2.50. The van der Waals surface area contributed by atoms with Crippen LogP contribution in [0.15, 0.2) is 42.7 Å². The van der Waals surface area contributed by atoms with Crippen molar-refractivity contribution in [2.45, 2.75) is 25.4 Å². The molecule has 0 aliphatic carbocycles. The SMILES string of the molecule is Cn1cc(CN2CCC[C@H](Nc3ccccc3)C2)cn1. The Bertz CT molecular complexity index is 534. The van der Waals surface area contributed by atoms with E-state index in [9.17, 15) is 0 Å². The van der Waals surface area contributed by atoms with Gasteiger partial charge in [-0.2, -0.15) is 5.10 Å². The van der Waals surface area contributed by atoms with Crippen LogP contribution in [0.1, 0.15) is 18.4 Å². The van der Waals surface area contributed by atoms with E-state index in [1.165, 1.54) is 30.6 Å². The first-order chi connectivity index (χ1) is 9.79. The summed E-state index contributed by atoms with van der Waals surface area (Å²) >= 11 is 0. The molecule has 1 aromatic heterocycles. The lowest BCUT2D eigenvalue weighted by Crippen LogP contribution is -2.41. The first-order valence-electron chi connectivity index (χ1n) is 7.31. The highest BCUT2D eigenvalue weighted by molar-refractivity contribution is 5.43. The van der Waals surface area contributed by atoms with Crippen molar-refractivity contribution < 1.29 is 0 Å². The van der Waals surface area contributed by atoms with E-state index in [0.29, 0.717) is 6.04 Å². The Morgan fingerprint density at radius 2 is 2.15 bits per heavy atom. The second-order valence-electron chi connectivity index (χ2n) is 5.61. The fourth-order valence-electron chi connectivity index (χ4n) is 2.90. The van der Waals surface area contributed by atoms with E-state index in [1.807, 2.05) is 17.9 Å². The maximum atomic E-state index is 4.24. The lowest BCUT2D eigenvalue weighted by Gasteiger charge is -2.33. The number of rotatable bonds is 4. The molecule has 0 spiro atoms. The zero-order valence-corrected chi connectivity index (χ0v) is 12.0. The summed E-state index contributed by atoms with van der Waals surface area (Å²) in [6.45, 7) is 3.28. The Morgan fingerprint density at radius 3 is 2.90 bits per heavy atom. The van der Waals surface area contributed by atoms with Gasteiger partial charge in [-0.25, -0.2) is 0 Å². The zero-order chi connectivity index (χ0) is 13.8. The minimum Gasteiger partial charge on any atom is -0.381 e. The van der Waals surface area contributed by atoms with E-state index in [0.717, 1.165) is 13.1 Å². The molecule has 106 valence electrons. The number of aromatic nitrogens is 2. The van der Waals surface area contributed by atoms with Crippen LogP contribution >= 0.6 is 0 Å². The van der Waals surface area contributed by atoms with Crippen LogP contribution in [0.5, 0.6) is 0 Å². The summed E-state index contributed by atoms with van der Waals surface area (Å²) in [6.07, 6.45) is 6.58. The van der Waals surface area contributed by atoms with Crippen LogP contribution in [0.2, 0.25) is 0 Å². The second-order valence-corrected chi connectivity index (χ2v) is 5.61. The zero-order valence-electron chi connectivity index (χ0n) is 12.0.